The molecule has 0 radical (unpaired) electrons. The molecule has 5 nitrogen and oxygen atoms in total. The fourth-order valence-corrected chi connectivity index (χ4v) is 2.80. The van der Waals surface area contributed by atoms with Gasteiger partial charge in [-0.15, -0.1) is 0 Å². The highest BCUT2D eigenvalue weighted by Gasteiger charge is 2.31. The number of carbonyl (C=O) groups is 1. The normalized spacial score (nSPS) is 14.9. The van der Waals surface area contributed by atoms with Crippen LogP contribution in [0.5, 0.6) is 0 Å². The van der Waals surface area contributed by atoms with Crippen molar-refractivity contribution in [2.75, 3.05) is 6.54 Å². The summed E-state index contributed by atoms with van der Waals surface area (Å²) in [5.74, 6) is 0. The Morgan fingerprint density at radius 1 is 1.12 bits per heavy atom. The number of amides is 1. The first-order chi connectivity index (χ1) is 11.4. The van der Waals surface area contributed by atoms with Crippen molar-refractivity contribution in [2.45, 2.75) is 78.1 Å². The summed E-state index contributed by atoms with van der Waals surface area (Å²) in [6, 6.07) is 7.28. The Morgan fingerprint density at radius 3 is 2.00 bits per heavy atom. The van der Waals surface area contributed by atoms with E-state index in [1.54, 1.807) is 0 Å². The van der Waals surface area contributed by atoms with E-state index in [1.165, 1.54) is 4.90 Å². The summed E-state index contributed by atoms with van der Waals surface area (Å²) < 4.78 is 0. The molecular formula is C20H34N2O3. The Kier molecular flexibility index (Phi) is 7.03. The van der Waals surface area contributed by atoms with E-state index in [0.717, 1.165) is 17.5 Å². The summed E-state index contributed by atoms with van der Waals surface area (Å²) in [6.45, 7) is 14.4. The fraction of sp³-hybridized carbons (Fsp3) is 0.650. The van der Waals surface area contributed by atoms with Gasteiger partial charge in [0.25, 0.3) is 0 Å². The minimum Gasteiger partial charge on any atom is -0.465 e. The van der Waals surface area contributed by atoms with Crippen LogP contribution in [-0.4, -0.2) is 38.8 Å². The SMILES string of the molecule is CCC(C)(C)NCC(O)c1ccc([C@H](C)N(C(=O)O)C(C)(C)C)cc1. The van der Waals surface area contributed by atoms with Gasteiger partial charge in [0, 0.05) is 17.6 Å². The van der Waals surface area contributed by atoms with Crippen LogP contribution in [0.1, 0.15) is 78.2 Å². The van der Waals surface area contributed by atoms with Crippen LogP contribution in [0.25, 0.3) is 0 Å². The van der Waals surface area contributed by atoms with Crippen LogP contribution in [0.4, 0.5) is 4.79 Å². The highest BCUT2D eigenvalue weighted by atomic mass is 16.4. The Bertz CT molecular complexity index is 561. The lowest BCUT2D eigenvalue weighted by molar-refractivity contribution is 0.0752. The molecule has 25 heavy (non-hydrogen) atoms. The summed E-state index contributed by atoms with van der Waals surface area (Å²) in [4.78, 5) is 13.1. The third-order valence-corrected chi connectivity index (χ3v) is 4.78. The molecule has 5 heteroatoms. The van der Waals surface area contributed by atoms with Crippen LogP contribution in [0.2, 0.25) is 0 Å². The van der Waals surface area contributed by atoms with Crippen LogP contribution in [0, 0.1) is 0 Å². The Hall–Kier alpha value is -1.59. The number of nitrogens with zero attached hydrogens (tertiary/aromatic N) is 1. The minimum atomic E-state index is -0.935. The van der Waals surface area contributed by atoms with Crippen LogP contribution in [0.15, 0.2) is 24.3 Å². The Morgan fingerprint density at radius 2 is 1.60 bits per heavy atom. The zero-order valence-corrected chi connectivity index (χ0v) is 16.6. The second kappa shape index (κ2) is 8.19. The van der Waals surface area contributed by atoms with Crippen molar-refractivity contribution >= 4 is 6.09 Å². The lowest BCUT2D eigenvalue weighted by atomic mass is 9.97. The Balaban J connectivity index is 2.86. The monoisotopic (exact) mass is 350 g/mol. The molecule has 0 bridgehead atoms. The van der Waals surface area contributed by atoms with Gasteiger partial charge in [0.15, 0.2) is 0 Å². The van der Waals surface area contributed by atoms with Crippen LogP contribution >= 0.6 is 0 Å². The van der Waals surface area contributed by atoms with Crippen molar-refractivity contribution in [1.82, 2.24) is 10.2 Å². The summed E-state index contributed by atoms with van der Waals surface area (Å²) in [5, 5.41) is 23.3. The lowest BCUT2D eigenvalue weighted by Gasteiger charge is -2.38. The molecule has 1 unspecified atom stereocenters. The predicted octanol–water partition coefficient (Wildman–Crippen LogP) is 4.34. The van der Waals surface area contributed by atoms with E-state index in [2.05, 4.69) is 26.1 Å². The Labute approximate surface area is 152 Å². The summed E-state index contributed by atoms with van der Waals surface area (Å²) in [6.07, 6.45) is -0.544. The largest absolute Gasteiger partial charge is 0.465 e. The van der Waals surface area contributed by atoms with E-state index >= 15 is 0 Å². The highest BCUT2D eigenvalue weighted by Crippen LogP contribution is 2.29. The smallest absolute Gasteiger partial charge is 0.408 e. The van der Waals surface area contributed by atoms with Crippen molar-refractivity contribution in [3.05, 3.63) is 35.4 Å². The zero-order chi connectivity index (χ0) is 19.4. The van der Waals surface area contributed by atoms with Gasteiger partial charge in [-0.25, -0.2) is 4.79 Å². The number of hydrogen-bond acceptors (Lipinski definition) is 3. The lowest BCUT2D eigenvalue weighted by Crippen LogP contribution is -2.46. The molecule has 1 amide bonds. The number of aliphatic hydroxyl groups is 1. The number of β-amino-alcohol motifs (C(OH)–C–C–N with tert-alkyl or cyclic N) is 1. The molecule has 0 aliphatic rings. The molecular weight excluding hydrogens is 316 g/mol. The second-order valence-electron chi connectivity index (χ2n) is 8.30. The van der Waals surface area contributed by atoms with Gasteiger partial charge in [0.1, 0.15) is 0 Å². The third kappa shape index (κ3) is 6.01. The van der Waals surface area contributed by atoms with Crippen molar-refractivity contribution in [2.24, 2.45) is 0 Å². The van der Waals surface area contributed by atoms with E-state index in [1.807, 2.05) is 52.0 Å². The highest BCUT2D eigenvalue weighted by molar-refractivity contribution is 5.66. The average Bonchev–Trinajstić information content (AvgIpc) is 2.51. The van der Waals surface area contributed by atoms with E-state index < -0.39 is 17.7 Å². The first-order valence-electron chi connectivity index (χ1n) is 8.94. The molecule has 0 aliphatic heterocycles. The molecule has 1 aromatic carbocycles. The molecule has 142 valence electrons. The van der Waals surface area contributed by atoms with Crippen molar-refractivity contribution in [3.8, 4) is 0 Å². The molecule has 0 spiro atoms. The second-order valence-corrected chi connectivity index (χ2v) is 8.30. The molecule has 1 rings (SSSR count). The maximum absolute atomic E-state index is 11.6. The van der Waals surface area contributed by atoms with E-state index in [9.17, 15) is 15.0 Å². The minimum absolute atomic E-state index is 0.00979. The number of benzene rings is 1. The van der Waals surface area contributed by atoms with Gasteiger partial charge in [-0.2, -0.15) is 0 Å². The zero-order valence-electron chi connectivity index (χ0n) is 16.6. The third-order valence-electron chi connectivity index (χ3n) is 4.78. The average molecular weight is 351 g/mol. The summed E-state index contributed by atoms with van der Waals surface area (Å²) in [7, 11) is 0. The van der Waals surface area contributed by atoms with Crippen LogP contribution in [0.3, 0.4) is 0 Å². The predicted molar refractivity (Wildman–Crippen MR) is 102 cm³/mol. The molecule has 2 atom stereocenters. The van der Waals surface area contributed by atoms with E-state index in [4.69, 9.17) is 0 Å². The first-order valence-corrected chi connectivity index (χ1v) is 8.94. The van der Waals surface area contributed by atoms with Gasteiger partial charge in [-0.05, 0) is 59.1 Å². The van der Waals surface area contributed by atoms with E-state index in [0.29, 0.717) is 6.54 Å². The van der Waals surface area contributed by atoms with Gasteiger partial charge < -0.3 is 15.5 Å². The quantitative estimate of drug-likeness (QED) is 0.684. The molecule has 3 N–H and O–H groups in total. The number of nitrogens with one attached hydrogen (secondary N) is 1. The maximum Gasteiger partial charge on any atom is 0.408 e. The number of hydrogen-bond donors (Lipinski definition) is 3. The molecule has 0 saturated carbocycles. The van der Waals surface area contributed by atoms with Crippen molar-refractivity contribution in [1.29, 1.82) is 0 Å². The van der Waals surface area contributed by atoms with E-state index in [-0.39, 0.29) is 11.6 Å². The van der Waals surface area contributed by atoms with Crippen molar-refractivity contribution in [3.63, 3.8) is 0 Å². The summed E-state index contributed by atoms with van der Waals surface area (Å²) >= 11 is 0. The molecule has 1 aromatic rings. The van der Waals surface area contributed by atoms with Gasteiger partial charge in [-0.1, -0.05) is 31.2 Å². The maximum atomic E-state index is 11.6. The summed E-state index contributed by atoms with van der Waals surface area (Å²) in [5.41, 5.74) is 1.24. The molecule has 0 aliphatic carbocycles. The number of rotatable bonds is 7. The van der Waals surface area contributed by atoms with Gasteiger partial charge in [0.2, 0.25) is 0 Å². The van der Waals surface area contributed by atoms with Crippen molar-refractivity contribution < 1.29 is 15.0 Å². The molecule has 0 heterocycles. The van der Waals surface area contributed by atoms with Gasteiger partial charge in [0.05, 0.1) is 12.1 Å². The number of aliphatic hydroxyl groups excluding tert-OH is 1. The fourth-order valence-electron chi connectivity index (χ4n) is 2.80. The van der Waals surface area contributed by atoms with Gasteiger partial charge in [-0.3, -0.25) is 4.90 Å². The molecule has 0 aromatic heterocycles. The van der Waals surface area contributed by atoms with Crippen LogP contribution < -0.4 is 5.32 Å². The standard InChI is InChI=1S/C20H34N2O3/c1-8-20(6,7)21-13-17(23)16-11-9-15(10-12-16)14(2)22(18(24)25)19(3,4)5/h9-12,14,17,21,23H,8,13H2,1-7H3,(H,24,25)/t14-,17?/m0/s1. The molecule has 0 saturated heterocycles. The molecule has 0 fully saturated rings. The number of carboxylic acid groups (broad SMARTS) is 1. The van der Waals surface area contributed by atoms with Crippen LogP contribution in [-0.2, 0) is 0 Å². The first kappa shape index (κ1) is 21.5. The van der Waals surface area contributed by atoms with Gasteiger partial charge >= 0.3 is 6.09 Å². The topological polar surface area (TPSA) is 72.8 Å².